The van der Waals surface area contributed by atoms with Gasteiger partial charge in [0.1, 0.15) is 0 Å². The third kappa shape index (κ3) is 39.0. The van der Waals surface area contributed by atoms with Gasteiger partial charge in [-0.05, 0) is 0 Å². The van der Waals surface area contributed by atoms with Crippen molar-refractivity contribution in [2.24, 2.45) is 0 Å². The van der Waals surface area contributed by atoms with Crippen molar-refractivity contribution >= 4 is 0 Å². The molecule has 0 aromatic heterocycles. The summed E-state index contributed by atoms with van der Waals surface area (Å²) in [7, 11) is 0. The van der Waals surface area contributed by atoms with Gasteiger partial charge in [0.2, 0.25) is 0 Å². The molecule has 38 heavy (non-hydrogen) atoms. The number of benzene rings is 3. The van der Waals surface area contributed by atoms with Crippen molar-refractivity contribution in [3.05, 3.63) is 135 Å². The van der Waals surface area contributed by atoms with Crippen LogP contribution in [0.5, 0.6) is 0 Å². The van der Waals surface area contributed by atoms with Crippen LogP contribution in [0.3, 0.4) is 0 Å². The van der Waals surface area contributed by atoms with Gasteiger partial charge in [-0.2, -0.15) is 109 Å². The van der Waals surface area contributed by atoms with Crippen LogP contribution in [0.4, 0.5) is 0 Å². The monoisotopic (exact) mass is 745 g/mol. The predicted molar refractivity (Wildman–Crippen MR) is 167 cm³/mol. The molecule has 0 fully saturated rings. The summed E-state index contributed by atoms with van der Waals surface area (Å²) in [6, 6.07) is 30.1. The summed E-state index contributed by atoms with van der Waals surface area (Å²) in [6.07, 6.45) is 3.67. The van der Waals surface area contributed by atoms with E-state index in [4.69, 9.17) is 0 Å². The molecule has 0 bridgehead atoms. The fourth-order valence-corrected chi connectivity index (χ4v) is 2.16. The van der Waals surface area contributed by atoms with Gasteiger partial charge in [0.15, 0.2) is 0 Å². The Morgan fingerprint density at radius 3 is 1.21 bits per heavy atom. The van der Waals surface area contributed by atoms with Gasteiger partial charge in [0.25, 0.3) is 0 Å². The molecule has 0 atom stereocenters. The van der Waals surface area contributed by atoms with Crippen LogP contribution in [0, 0.1) is 39.8 Å². The SMILES string of the molecule is C.C.C.CC.CC.CC.[CH2-]CCc1[c-]cccc1.[CH2-]Cc1[c-]cccc1.[CH2-]Cc1ccccc1[CH2-].[Y].[Y].[Y]. The van der Waals surface area contributed by atoms with Gasteiger partial charge >= 0.3 is 0 Å². The van der Waals surface area contributed by atoms with E-state index in [1.165, 1.54) is 16.7 Å². The summed E-state index contributed by atoms with van der Waals surface area (Å²) in [5, 5.41) is 0. The second-order valence-corrected chi connectivity index (χ2v) is 5.65. The standard InChI is InChI=1S/2C9H10.C8H8.3C2H6.3CH4.3Y/c1-3-9-7-5-4-6-8(9)2;1-2-6-9-7-4-3-5-8-9;1-2-8-6-4-3-5-7-8;3*1-2;;;;;;/h4-7H,1-3H2;3-5,7H,1-2,6H2;3-6H,1-2H2;3*1-2H3;3*1H4;;;/q3*-2;;;;;;;;;. The Balaban J connectivity index is -0.0000000402. The van der Waals surface area contributed by atoms with Crippen molar-refractivity contribution in [3.8, 4) is 0 Å². The normalized spacial score (nSPS) is 6.87. The molecule has 0 spiro atoms. The van der Waals surface area contributed by atoms with Crippen LogP contribution in [0.25, 0.3) is 0 Å². The van der Waals surface area contributed by atoms with Crippen molar-refractivity contribution in [2.45, 2.75) is 89.5 Å². The van der Waals surface area contributed by atoms with Crippen LogP contribution in [-0.4, -0.2) is 0 Å². The maximum Gasteiger partial charge on any atom is 0 e. The third-order valence-corrected chi connectivity index (χ3v) is 3.65. The molecule has 0 aliphatic carbocycles. The zero-order valence-corrected chi connectivity index (χ0v) is 31.8. The summed E-state index contributed by atoms with van der Waals surface area (Å²) in [5.41, 5.74) is 4.75. The average molecular weight is 746 g/mol. The van der Waals surface area contributed by atoms with Crippen LogP contribution < -0.4 is 0 Å². The topological polar surface area (TPSA) is 0 Å². The summed E-state index contributed by atoms with van der Waals surface area (Å²) in [6.45, 7) is 27.1. The Hall–Kier alpha value is 0.842. The van der Waals surface area contributed by atoms with E-state index in [0.717, 1.165) is 31.2 Å². The van der Waals surface area contributed by atoms with Gasteiger partial charge in [-0.15, -0.1) is 12.1 Å². The predicted octanol–water partition coefficient (Wildman–Crippen LogP) is 11.3. The minimum Gasteiger partial charge on any atom is -0.350 e. The van der Waals surface area contributed by atoms with Crippen LogP contribution >= 0.6 is 0 Å². The fourth-order valence-electron chi connectivity index (χ4n) is 2.16. The van der Waals surface area contributed by atoms with Crippen LogP contribution in [-0.2, 0) is 117 Å². The Labute approximate surface area is 318 Å². The van der Waals surface area contributed by atoms with Crippen molar-refractivity contribution in [1.29, 1.82) is 0 Å². The van der Waals surface area contributed by atoms with Gasteiger partial charge < -0.3 is 20.8 Å². The van der Waals surface area contributed by atoms with E-state index in [1.807, 2.05) is 102 Å². The third-order valence-electron chi connectivity index (χ3n) is 3.65. The molecule has 0 aliphatic heterocycles. The van der Waals surface area contributed by atoms with Crippen LogP contribution in [0.1, 0.15) is 92.5 Å². The molecule has 3 heteroatoms. The maximum absolute atomic E-state index is 3.85. The Morgan fingerprint density at radius 2 is 0.947 bits per heavy atom. The summed E-state index contributed by atoms with van der Waals surface area (Å²) in [4.78, 5) is 0. The van der Waals surface area contributed by atoms with Gasteiger partial charge in [-0.1, -0.05) is 76.3 Å². The minimum atomic E-state index is 0. The molecule has 0 unspecified atom stereocenters. The van der Waals surface area contributed by atoms with Gasteiger partial charge in [0.05, 0.1) is 0 Å². The zero-order chi connectivity index (χ0) is 25.0. The number of aryl methyl sites for hydroxylation is 1. The summed E-state index contributed by atoms with van der Waals surface area (Å²) in [5.74, 6) is 0. The van der Waals surface area contributed by atoms with E-state index >= 15 is 0 Å². The number of rotatable bonds is 4. The van der Waals surface area contributed by atoms with Crippen LogP contribution in [0.15, 0.2) is 72.8 Å². The molecular formula is C35H58Y3-6. The molecule has 213 valence electrons. The van der Waals surface area contributed by atoms with Gasteiger partial charge in [-0.3, -0.25) is 0 Å². The van der Waals surface area contributed by atoms with Crippen molar-refractivity contribution in [1.82, 2.24) is 0 Å². The smallest absolute Gasteiger partial charge is 0 e. The molecular weight excluding hydrogens is 687 g/mol. The van der Waals surface area contributed by atoms with E-state index in [0.29, 0.717) is 0 Å². The minimum absolute atomic E-state index is 0. The summed E-state index contributed by atoms with van der Waals surface area (Å²) < 4.78 is 0. The van der Waals surface area contributed by atoms with E-state index in [1.54, 1.807) is 0 Å². The summed E-state index contributed by atoms with van der Waals surface area (Å²) >= 11 is 0. The van der Waals surface area contributed by atoms with Gasteiger partial charge in [-0.25, -0.2) is 6.42 Å². The van der Waals surface area contributed by atoms with Crippen molar-refractivity contribution < 1.29 is 98.1 Å². The molecule has 0 aliphatic rings. The Bertz CT molecular complexity index is 699. The maximum atomic E-state index is 3.85. The first-order chi connectivity index (χ1) is 15.7. The van der Waals surface area contributed by atoms with Crippen molar-refractivity contribution in [2.75, 3.05) is 0 Å². The second kappa shape index (κ2) is 54.0. The molecule has 0 N–H and O–H groups in total. The zero-order valence-electron chi connectivity index (χ0n) is 23.3. The molecule has 0 amide bonds. The molecule has 0 saturated carbocycles. The number of hydrogen-bond acceptors (Lipinski definition) is 0. The quantitative estimate of drug-likeness (QED) is 0.233. The molecule has 3 radical (unpaired) electrons. The molecule has 0 heterocycles. The molecule has 3 aromatic carbocycles. The molecule has 0 saturated heterocycles. The fraction of sp³-hybridized carbons (Fsp3) is 0.371. The van der Waals surface area contributed by atoms with E-state index in [2.05, 4.69) is 52.0 Å². The van der Waals surface area contributed by atoms with Crippen molar-refractivity contribution in [3.63, 3.8) is 0 Å². The molecule has 3 aromatic rings. The van der Waals surface area contributed by atoms with E-state index in [-0.39, 0.29) is 120 Å². The Kier molecular flexibility index (Phi) is 88.8. The second-order valence-electron chi connectivity index (χ2n) is 5.65. The van der Waals surface area contributed by atoms with Gasteiger partial charge in [0, 0.05) is 98.1 Å². The largest absolute Gasteiger partial charge is 0.350 e. The Morgan fingerprint density at radius 1 is 0.553 bits per heavy atom. The number of hydrogen-bond donors (Lipinski definition) is 0. The van der Waals surface area contributed by atoms with Crippen LogP contribution in [0.2, 0.25) is 0 Å². The molecule has 0 nitrogen and oxygen atoms in total. The first-order valence-electron chi connectivity index (χ1n) is 11.9. The van der Waals surface area contributed by atoms with E-state index < -0.39 is 0 Å². The van der Waals surface area contributed by atoms with E-state index in [9.17, 15) is 0 Å². The average Bonchev–Trinajstić information content (AvgIpc) is 2.90. The first-order valence-corrected chi connectivity index (χ1v) is 11.9. The molecule has 3 rings (SSSR count). The first kappa shape index (κ1) is 62.5.